The Balaban J connectivity index is 1.85. The van der Waals surface area contributed by atoms with Gasteiger partial charge in [-0.05, 0) is 5.56 Å². The lowest BCUT2D eigenvalue weighted by Crippen LogP contribution is -2.03. The van der Waals surface area contributed by atoms with Gasteiger partial charge in [0, 0.05) is 11.8 Å². The standard InChI is InChI=1S/C13H12N6/c1-2-4-10(5-3-1)12-8-14-9-16-13(12)15-6-11-7-17-19-18-11/h1-5,7-9H,6H2,(H,14,15,16)(H,17,18,19). The molecule has 19 heavy (non-hydrogen) atoms. The first-order valence-corrected chi connectivity index (χ1v) is 5.87. The predicted molar refractivity (Wildman–Crippen MR) is 71.2 cm³/mol. The Hall–Kier alpha value is -2.76. The SMILES string of the molecule is c1ccc(-c2cncnc2NCc2cn[nH]n2)cc1. The van der Waals surface area contributed by atoms with E-state index in [1.54, 1.807) is 12.4 Å². The van der Waals surface area contributed by atoms with Crippen molar-refractivity contribution in [2.24, 2.45) is 0 Å². The molecular formula is C13H12N6. The molecule has 0 aliphatic rings. The first-order chi connectivity index (χ1) is 9.43. The van der Waals surface area contributed by atoms with Crippen molar-refractivity contribution < 1.29 is 0 Å². The minimum Gasteiger partial charge on any atom is -0.364 e. The van der Waals surface area contributed by atoms with Gasteiger partial charge < -0.3 is 5.32 Å². The molecule has 6 nitrogen and oxygen atoms in total. The number of hydrogen-bond donors (Lipinski definition) is 2. The molecule has 3 rings (SSSR count). The zero-order valence-corrected chi connectivity index (χ0v) is 10.1. The zero-order valence-electron chi connectivity index (χ0n) is 10.1. The number of rotatable bonds is 4. The van der Waals surface area contributed by atoms with E-state index in [1.807, 2.05) is 30.3 Å². The third kappa shape index (κ3) is 2.57. The molecule has 0 unspecified atom stereocenters. The lowest BCUT2D eigenvalue weighted by Gasteiger charge is -2.09. The molecule has 6 heteroatoms. The van der Waals surface area contributed by atoms with E-state index in [2.05, 4.69) is 30.7 Å². The van der Waals surface area contributed by atoms with Crippen LogP contribution in [0.3, 0.4) is 0 Å². The molecule has 1 aromatic carbocycles. The second-order valence-electron chi connectivity index (χ2n) is 3.97. The molecule has 0 saturated heterocycles. The van der Waals surface area contributed by atoms with Crippen LogP contribution in [0.4, 0.5) is 5.82 Å². The Morgan fingerprint density at radius 3 is 2.79 bits per heavy atom. The Bertz CT molecular complexity index is 635. The van der Waals surface area contributed by atoms with Gasteiger partial charge in [-0.2, -0.15) is 15.4 Å². The van der Waals surface area contributed by atoms with Crippen LogP contribution in [0.1, 0.15) is 5.69 Å². The van der Waals surface area contributed by atoms with Crippen molar-refractivity contribution in [3.8, 4) is 11.1 Å². The summed E-state index contributed by atoms with van der Waals surface area (Å²) < 4.78 is 0. The molecule has 0 aliphatic heterocycles. The number of aromatic amines is 1. The fourth-order valence-electron chi connectivity index (χ4n) is 1.78. The first-order valence-electron chi connectivity index (χ1n) is 5.87. The van der Waals surface area contributed by atoms with Crippen molar-refractivity contribution in [2.45, 2.75) is 6.54 Å². The van der Waals surface area contributed by atoms with Crippen LogP contribution in [-0.2, 0) is 6.54 Å². The first kappa shape index (κ1) is 11.3. The highest BCUT2D eigenvalue weighted by molar-refractivity contribution is 5.73. The average Bonchev–Trinajstić information content (AvgIpc) is 3.00. The largest absolute Gasteiger partial charge is 0.364 e. The van der Waals surface area contributed by atoms with Gasteiger partial charge in [0.25, 0.3) is 0 Å². The van der Waals surface area contributed by atoms with E-state index in [-0.39, 0.29) is 0 Å². The molecule has 0 fully saturated rings. The molecule has 0 amide bonds. The van der Waals surface area contributed by atoms with Crippen molar-refractivity contribution in [2.75, 3.05) is 5.32 Å². The van der Waals surface area contributed by atoms with Crippen LogP contribution in [0, 0.1) is 0 Å². The van der Waals surface area contributed by atoms with E-state index >= 15 is 0 Å². The highest BCUT2D eigenvalue weighted by Gasteiger charge is 2.06. The summed E-state index contributed by atoms with van der Waals surface area (Å²) in [7, 11) is 0. The van der Waals surface area contributed by atoms with Crippen molar-refractivity contribution in [3.05, 3.63) is 54.7 Å². The average molecular weight is 252 g/mol. The summed E-state index contributed by atoms with van der Waals surface area (Å²) in [4.78, 5) is 8.36. The van der Waals surface area contributed by atoms with E-state index in [1.165, 1.54) is 6.33 Å². The summed E-state index contributed by atoms with van der Waals surface area (Å²) in [6, 6.07) is 10.0. The maximum Gasteiger partial charge on any atom is 0.137 e. The Morgan fingerprint density at radius 1 is 1.11 bits per heavy atom. The maximum atomic E-state index is 4.27. The van der Waals surface area contributed by atoms with Crippen molar-refractivity contribution in [3.63, 3.8) is 0 Å². The van der Waals surface area contributed by atoms with Crippen LogP contribution in [-0.4, -0.2) is 25.4 Å². The van der Waals surface area contributed by atoms with Gasteiger partial charge in [0.15, 0.2) is 0 Å². The number of aromatic nitrogens is 5. The number of nitrogens with zero attached hydrogens (tertiary/aromatic N) is 4. The fourth-order valence-corrected chi connectivity index (χ4v) is 1.78. The van der Waals surface area contributed by atoms with Gasteiger partial charge >= 0.3 is 0 Å². The molecule has 2 N–H and O–H groups in total. The quantitative estimate of drug-likeness (QED) is 0.741. The van der Waals surface area contributed by atoms with E-state index in [4.69, 9.17) is 0 Å². The van der Waals surface area contributed by atoms with Crippen molar-refractivity contribution >= 4 is 5.82 Å². The topological polar surface area (TPSA) is 79.4 Å². The van der Waals surface area contributed by atoms with Crippen molar-refractivity contribution in [1.29, 1.82) is 0 Å². The monoisotopic (exact) mass is 252 g/mol. The summed E-state index contributed by atoms with van der Waals surface area (Å²) in [5.41, 5.74) is 2.87. The Kier molecular flexibility index (Phi) is 3.14. The number of H-pyrrole nitrogens is 1. The summed E-state index contributed by atoms with van der Waals surface area (Å²) >= 11 is 0. The van der Waals surface area contributed by atoms with Crippen LogP contribution < -0.4 is 5.32 Å². The fraction of sp³-hybridized carbons (Fsp3) is 0.0769. The molecule has 94 valence electrons. The minimum atomic E-state index is 0.563. The predicted octanol–water partition coefficient (Wildman–Crippen LogP) is 1.87. The number of nitrogens with one attached hydrogen (secondary N) is 2. The normalized spacial score (nSPS) is 10.3. The van der Waals surface area contributed by atoms with E-state index in [0.29, 0.717) is 6.54 Å². The third-order valence-corrected chi connectivity index (χ3v) is 2.70. The minimum absolute atomic E-state index is 0.563. The van der Waals surface area contributed by atoms with Crippen LogP contribution in [0.15, 0.2) is 49.1 Å². The van der Waals surface area contributed by atoms with E-state index < -0.39 is 0 Å². The van der Waals surface area contributed by atoms with Gasteiger partial charge in [0.05, 0.1) is 12.7 Å². The second-order valence-corrected chi connectivity index (χ2v) is 3.97. The molecule has 2 heterocycles. The molecule has 0 radical (unpaired) electrons. The number of hydrogen-bond acceptors (Lipinski definition) is 5. The van der Waals surface area contributed by atoms with Gasteiger partial charge in [0.1, 0.15) is 17.8 Å². The van der Waals surface area contributed by atoms with Gasteiger partial charge in [-0.3, -0.25) is 0 Å². The summed E-state index contributed by atoms with van der Waals surface area (Å²) in [6.07, 6.45) is 5.00. The van der Waals surface area contributed by atoms with Gasteiger partial charge in [-0.25, -0.2) is 9.97 Å². The molecule has 0 atom stereocenters. The van der Waals surface area contributed by atoms with Gasteiger partial charge in [0.2, 0.25) is 0 Å². The second kappa shape index (κ2) is 5.26. The van der Waals surface area contributed by atoms with E-state index in [9.17, 15) is 0 Å². The van der Waals surface area contributed by atoms with Crippen LogP contribution in [0.5, 0.6) is 0 Å². The summed E-state index contributed by atoms with van der Waals surface area (Å²) in [5, 5.41) is 13.6. The van der Waals surface area contributed by atoms with E-state index in [0.717, 1.165) is 22.6 Å². The molecule has 0 spiro atoms. The summed E-state index contributed by atoms with van der Waals surface area (Å²) in [5.74, 6) is 0.782. The van der Waals surface area contributed by atoms with Gasteiger partial charge in [-0.1, -0.05) is 30.3 Å². The molecule has 0 bridgehead atoms. The zero-order chi connectivity index (χ0) is 12.9. The highest BCUT2D eigenvalue weighted by atomic mass is 15.3. The van der Waals surface area contributed by atoms with Crippen molar-refractivity contribution in [1.82, 2.24) is 25.4 Å². The summed E-state index contributed by atoms with van der Waals surface area (Å²) in [6.45, 7) is 0.563. The molecular weight excluding hydrogens is 240 g/mol. The molecule has 0 aliphatic carbocycles. The maximum absolute atomic E-state index is 4.27. The Morgan fingerprint density at radius 2 is 2.00 bits per heavy atom. The lowest BCUT2D eigenvalue weighted by atomic mass is 10.1. The third-order valence-electron chi connectivity index (χ3n) is 2.70. The molecule has 0 saturated carbocycles. The van der Waals surface area contributed by atoms with Crippen LogP contribution in [0.2, 0.25) is 0 Å². The lowest BCUT2D eigenvalue weighted by molar-refractivity contribution is 0.908. The molecule has 2 aromatic heterocycles. The Labute approximate surface area is 109 Å². The number of benzene rings is 1. The van der Waals surface area contributed by atoms with Crippen LogP contribution >= 0.6 is 0 Å². The number of anilines is 1. The van der Waals surface area contributed by atoms with Gasteiger partial charge in [-0.15, -0.1) is 0 Å². The smallest absolute Gasteiger partial charge is 0.137 e. The highest BCUT2D eigenvalue weighted by Crippen LogP contribution is 2.24. The van der Waals surface area contributed by atoms with Crippen LogP contribution in [0.25, 0.3) is 11.1 Å². The molecule has 3 aromatic rings.